The van der Waals surface area contributed by atoms with Crippen LogP contribution in [-0.4, -0.2) is 70.3 Å². The van der Waals surface area contributed by atoms with Gasteiger partial charge in [-0.15, -0.1) is 0 Å². The predicted octanol–water partition coefficient (Wildman–Crippen LogP) is 0.0528. The van der Waals surface area contributed by atoms with Crippen molar-refractivity contribution < 1.29 is 34.1 Å². The molecule has 0 bridgehead atoms. The van der Waals surface area contributed by atoms with Crippen molar-refractivity contribution in [3.05, 3.63) is 0 Å². The molecule has 2 atom stereocenters. The van der Waals surface area contributed by atoms with E-state index in [0.717, 1.165) is 14.1 Å². The van der Waals surface area contributed by atoms with Crippen molar-refractivity contribution in [3.63, 3.8) is 0 Å². The van der Waals surface area contributed by atoms with Gasteiger partial charge in [-0.05, 0) is 13.8 Å². The highest BCUT2D eigenvalue weighted by molar-refractivity contribution is 5.92. The molecule has 0 aliphatic heterocycles. The first kappa shape index (κ1) is 16.7. The molecular formula is C10H16N2O7. The highest BCUT2D eigenvalue weighted by atomic mass is 16.6. The highest BCUT2D eigenvalue weighted by Gasteiger charge is 2.29. The molecule has 0 aromatic heterocycles. The van der Waals surface area contributed by atoms with E-state index in [-0.39, 0.29) is 0 Å². The fourth-order valence-electron chi connectivity index (χ4n) is 0.917. The minimum atomic E-state index is -1.35. The molecule has 0 aromatic rings. The second kappa shape index (κ2) is 6.57. The number of carbonyl (C=O) groups is 4. The molecular weight excluding hydrogens is 260 g/mol. The summed E-state index contributed by atoms with van der Waals surface area (Å²) in [4.78, 5) is 45.5. The van der Waals surface area contributed by atoms with Crippen LogP contribution in [0.2, 0.25) is 0 Å². The van der Waals surface area contributed by atoms with Crippen LogP contribution in [0.5, 0.6) is 0 Å². The van der Waals surface area contributed by atoms with E-state index < -0.39 is 36.2 Å². The normalized spacial score (nSPS) is 13.1. The Morgan fingerprint density at radius 3 is 1.32 bits per heavy atom. The Morgan fingerprint density at radius 1 is 0.842 bits per heavy atom. The molecule has 0 fully saturated rings. The number of amides is 2. The topological polar surface area (TPSA) is 124 Å². The van der Waals surface area contributed by atoms with E-state index in [0.29, 0.717) is 9.80 Å². The monoisotopic (exact) mass is 276 g/mol. The Balaban J connectivity index is 4.61. The van der Waals surface area contributed by atoms with Gasteiger partial charge < -0.3 is 14.9 Å². The van der Waals surface area contributed by atoms with Gasteiger partial charge in [-0.25, -0.2) is 19.2 Å². The molecule has 0 heterocycles. The van der Waals surface area contributed by atoms with E-state index in [1.165, 1.54) is 13.8 Å². The van der Waals surface area contributed by atoms with Crippen LogP contribution in [0.3, 0.4) is 0 Å². The number of carboxylic acid groups (broad SMARTS) is 2. The molecule has 2 amide bonds. The summed E-state index contributed by atoms with van der Waals surface area (Å²) >= 11 is 0. The van der Waals surface area contributed by atoms with Crippen LogP contribution in [0.4, 0.5) is 9.59 Å². The highest BCUT2D eigenvalue weighted by Crippen LogP contribution is 2.04. The standard InChI is InChI=1S/C10H16N2O7/c1-5(11(3)9(15)16)7(13)19-8(14)6(2)12(4)10(17)18/h5-6H,1-4H3,(H,15,16)(H,17,18)/t5-,6-/m1/s1. The average Bonchev–Trinajstić information content (AvgIpc) is 2.34. The quantitative estimate of drug-likeness (QED) is 0.549. The number of esters is 2. The second-order valence-corrected chi connectivity index (χ2v) is 3.88. The lowest BCUT2D eigenvalue weighted by Gasteiger charge is -2.22. The average molecular weight is 276 g/mol. The molecule has 9 nitrogen and oxygen atoms in total. The molecule has 0 saturated heterocycles. The number of rotatable bonds is 4. The van der Waals surface area contributed by atoms with E-state index in [1.807, 2.05) is 0 Å². The van der Waals surface area contributed by atoms with Crippen molar-refractivity contribution in [2.24, 2.45) is 0 Å². The van der Waals surface area contributed by atoms with E-state index in [2.05, 4.69) is 4.74 Å². The van der Waals surface area contributed by atoms with Gasteiger partial charge in [0.05, 0.1) is 0 Å². The second-order valence-electron chi connectivity index (χ2n) is 3.88. The Bertz CT molecular complexity index is 359. The van der Waals surface area contributed by atoms with Gasteiger partial charge in [0, 0.05) is 14.1 Å². The minimum Gasteiger partial charge on any atom is -0.465 e. The van der Waals surface area contributed by atoms with Gasteiger partial charge in [0.2, 0.25) is 0 Å². The maximum Gasteiger partial charge on any atom is 0.407 e. The molecule has 19 heavy (non-hydrogen) atoms. The van der Waals surface area contributed by atoms with E-state index in [9.17, 15) is 19.2 Å². The first-order valence-electron chi connectivity index (χ1n) is 5.26. The van der Waals surface area contributed by atoms with E-state index in [1.54, 1.807) is 0 Å². The van der Waals surface area contributed by atoms with Crippen LogP contribution in [-0.2, 0) is 14.3 Å². The zero-order chi connectivity index (χ0) is 15.3. The van der Waals surface area contributed by atoms with Gasteiger partial charge in [0.25, 0.3) is 0 Å². The van der Waals surface area contributed by atoms with Gasteiger partial charge >= 0.3 is 24.1 Å². The maximum atomic E-state index is 11.5. The Morgan fingerprint density at radius 2 is 1.11 bits per heavy atom. The number of ether oxygens (including phenoxy) is 1. The number of carbonyl (C=O) groups excluding carboxylic acids is 2. The Hall–Kier alpha value is -2.32. The molecule has 2 N–H and O–H groups in total. The molecule has 108 valence electrons. The summed E-state index contributed by atoms with van der Waals surface area (Å²) in [7, 11) is 2.29. The van der Waals surface area contributed by atoms with Crippen molar-refractivity contribution in [1.29, 1.82) is 0 Å². The first-order valence-corrected chi connectivity index (χ1v) is 5.26. The van der Waals surface area contributed by atoms with Crippen LogP contribution in [0.25, 0.3) is 0 Å². The summed E-state index contributed by atoms with van der Waals surface area (Å²) in [5, 5.41) is 17.3. The molecule has 0 spiro atoms. The van der Waals surface area contributed by atoms with Crippen LogP contribution in [0, 0.1) is 0 Å². The Labute approximate surface area is 109 Å². The van der Waals surface area contributed by atoms with Crippen molar-refractivity contribution in [1.82, 2.24) is 9.80 Å². The van der Waals surface area contributed by atoms with E-state index in [4.69, 9.17) is 10.2 Å². The van der Waals surface area contributed by atoms with Crippen molar-refractivity contribution in [3.8, 4) is 0 Å². The van der Waals surface area contributed by atoms with Gasteiger partial charge in [0.1, 0.15) is 12.1 Å². The lowest BCUT2D eigenvalue weighted by Crippen LogP contribution is -2.45. The molecule has 0 aromatic carbocycles. The minimum absolute atomic E-state index is 0.668. The van der Waals surface area contributed by atoms with Crippen molar-refractivity contribution in [2.75, 3.05) is 14.1 Å². The zero-order valence-electron chi connectivity index (χ0n) is 11.0. The third kappa shape index (κ3) is 4.45. The summed E-state index contributed by atoms with van der Waals surface area (Å²) in [6.07, 6.45) is -2.71. The predicted molar refractivity (Wildman–Crippen MR) is 61.6 cm³/mol. The molecule has 0 rings (SSSR count). The smallest absolute Gasteiger partial charge is 0.407 e. The van der Waals surface area contributed by atoms with Gasteiger partial charge in [0.15, 0.2) is 0 Å². The van der Waals surface area contributed by atoms with Gasteiger partial charge in [-0.3, -0.25) is 9.80 Å². The number of nitrogens with zero attached hydrogens (tertiary/aromatic N) is 2. The number of hydrogen-bond donors (Lipinski definition) is 2. The maximum absolute atomic E-state index is 11.5. The summed E-state index contributed by atoms with van der Waals surface area (Å²) in [6, 6.07) is -2.35. The third-order valence-electron chi connectivity index (χ3n) is 2.65. The SMILES string of the molecule is C[C@H](C(=O)OC(=O)[C@@H](C)N(C)C(=O)O)N(C)C(=O)O. The molecule has 0 radical (unpaired) electrons. The molecule has 0 aliphatic carbocycles. The van der Waals surface area contributed by atoms with Crippen LogP contribution < -0.4 is 0 Å². The summed E-state index contributed by atoms with van der Waals surface area (Å²) < 4.78 is 4.43. The van der Waals surface area contributed by atoms with Crippen LogP contribution in [0.15, 0.2) is 0 Å². The lowest BCUT2D eigenvalue weighted by atomic mass is 10.3. The van der Waals surface area contributed by atoms with Gasteiger partial charge in [-0.1, -0.05) is 0 Å². The lowest BCUT2D eigenvalue weighted by molar-refractivity contribution is -0.165. The van der Waals surface area contributed by atoms with Gasteiger partial charge in [-0.2, -0.15) is 0 Å². The van der Waals surface area contributed by atoms with Crippen LogP contribution in [0.1, 0.15) is 13.8 Å². The Kier molecular flexibility index (Phi) is 5.77. The molecule has 9 heteroatoms. The number of likely N-dealkylation sites (N-methyl/N-ethyl adjacent to an activating group) is 2. The summed E-state index contributed by atoms with van der Waals surface area (Å²) in [5.41, 5.74) is 0. The third-order valence-corrected chi connectivity index (χ3v) is 2.65. The molecule has 0 unspecified atom stereocenters. The zero-order valence-corrected chi connectivity index (χ0v) is 11.0. The fraction of sp³-hybridized carbons (Fsp3) is 0.600. The summed E-state index contributed by atoms with van der Waals surface area (Å²) in [5.74, 6) is -2.14. The summed E-state index contributed by atoms with van der Waals surface area (Å²) in [6.45, 7) is 2.49. The van der Waals surface area contributed by atoms with E-state index >= 15 is 0 Å². The first-order chi connectivity index (χ1) is 8.59. The number of hydrogen-bond acceptors (Lipinski definition) is 5. The molecule has 0 saturated carbocycles. The molecule has 0 aliphatic rings. The van der Waals surface area contributed by atoms with Crippen molar-refractivity contribution in [2.45, 2.75) is 25.9 Å². The van der Waals surface area contributed by atoms with Crippen LogP contribution >= 0.6 is 0 Å². The fourth-order valence-corrected chi connectivity index (χ4v) is 0.917. The largest absolute Gasteiger partial charge is 0.465 e. The van der Waals surface area contributed by atoms with Crippen molar-refractivity contribution >= 4 is 24.1 Å².